The Morgan fingerprint density at radius 1 is 0.947 bits per heavy atom. The summed E-state index contributed by atoms with van der Waals surface area (Å²) in [6, 6.07) is 3.71. The zero-order valence-electron chi connectivity index (χ0n) is 12.9. The van der Waals surface area contributed by atoms with E-state index >= 15 is 0 Å². The molecule has 0 aromatic carbocycles. The molecule has 0 atom stereocenters. The van der Waals surface area contributed by atoms with Crippen LogP contribution in [0.5, 0.6) is 0 Å². The van der Waals surface area contributed by atoms with Crippen LogP contribution in [0.1, 0.15) is 34.1 Å². The van der Waals surface area contributed by atoms with E-state index in [1.807, 2.05) is 30.5 Å². The summed E-state index contributed by atoms with van der Waals surface area (Å²) in [6.07, 6.45) is 14.6. The van der Waals surface area contributed by atoms with Crippen LogP contribution in [0.2, 0.25) is 0 Å². The maximum Gasteiger partial charge on any atom is 6.00 e. The van der Waals surface area contributed by atoms with Crippen LogP contribution in [0.4, 0.5) is 0 Å². The van der Waals surface area contributed by atoms with Gasteiger partial charge in [0, 0.05) is 0 Å². The second-order valence-corrected chi connectivity index (χ2v) is 1.82. The fourth-order valence-corrected chi connectivity index (χ4v) is 0.581. The standard InChI is InChI=1S/C5H5.C4H4N.4C2H5.Ru/c2*1-2-4-5-3-1;4*1-2;/h1-3H,4H2;1-3,5H;4*1H2,2H3;/q6*-1;+6. The van der Waals surface area contributed by atoms with Crippen molar-refractivity contribution in [1.82, 2.24) is 4.98 Å². The molecular weight excluding hydrogens is 319 g/mol. The van der Waals surface area contributed by atoms with Crippen molar-refractivity contribution in [3.63, 3.8) is 0 Å². The normalized spacial score (nSPS) is 8.00. The molecule has 0 bridgehead atoms. The maximum absolute atomic E-state index is 3.25. The number of allylic oxidation sites excluding steroid dienone is 4. The van der Waals surface area contributed by atoms with E-state index in [9.17, 15) is 0 Å². The monoisotopic (exact) mass is 349 g/mol. The second-order valence-electron chi connectivity index (χ2n) is 1.82. The first-order valence-corrected chi connectivity index (χ1v) is 6.04. The van der Waals surface area contributed by atoms with Crippen molar-refractivity contribution in [3.8, 4) is 0 Å². The van der Waals surface area contributed by atoms with E-state index < -0.39 is 0 Å². The van der Waals surface area contributed by atoms with E-state index in [1.54, 1.807) is 27.7 Å². The minimum atomic E-state index is 0. The number of hydrogen-bond donors (Lipinski definition) is 1. The summed E-state index contributed by atoms with van der Waals surface area (Å²) in [5.74, 6) is 0. The number of nitrogens with one attached hydrogen (secondary N) is 1. The van der Waals surface area contributed by atoms with Gasteiger partial charge in [0.25, 0.3) is 0 Å². The van der Waals surface area contributed by atoms with E-state index in [2.05, 4.69) is 51.0 Å². The Balaban J connectivity index is -0.0000000443. The molecule has 0 amide bonds. The van der Waals surface area contributed by atoms with Crippen molar-refractivity contribution < 1.29 is 19.5 Å². The minimum Gasteiger partial charge on any atom is -0.484 e. The summed E-state index contributed by atoms with van der Waals surface area (Å²) in [4.78, 5) is 2.74. The molecule has 1 aromatic rings. The van der Waals surface area contributed by atoms with Crippen LogP contribution < -0.4 is 0 Å². The van der Waals surface area contributed by atoms with Crippen molar-refractivity contribution in [3.05, 3.63) is 76.5 Å². The molecular formula is C17H29NRu. The first kappa shape index (κ1) is 31.0. The molecule has 2 rings (SSSR count). The fourth-order valence-electron chi connectivity index (χ4n) is 0.581. The van der Waals surface area contributed by atoms with Crippen LogP contribution >= 0.6 is 0 Å². The zero-order chi connectivity index (χ0) is 15.1. The molecule has 0 unspecified atom stereocenters. The number of hydrogen-bond acceptors (Lipinski definition) is 0. The molecule has 0 spiro atoms. The molecule has 1 aliphatic rings. The summed E-state index contributed by atoms with van der Waals surface area (Å²) in [5, 5.41) is 0. The number of aromatic nitrogens is 1. The van der Waals surface area contributed by atoms with Gasteiger partial charge in [0.2, 0.25) is 0 Å². The van der Waals surface area contributed by atoms with E-state index in [1.165, 1.54) is 0 Å². The molecule has 1 N–H and O–H groups in total. The Labute approximate surface area is 135 Å². The van der Waals surface area contributed by atoms with Crippen LogP contribution in [0.25, 0.3) is 0 Å². The van der Waals surface area contributed by atoms with E-state index in [0.717, 1.165) is 6.42 Å². The van der Waals surface area contributed by atoms with Gasteiger partial charge in [-0.15, -0.1) is 12.6 Å². The molecule has 110 valence electrons. The van der Waals surface area contributed by atoms with Gasteiger partial charge in [-0.25, -0.2) is 12.2 Å². The predicted molar refractivity (Wildman–Crippen MR) is 85.3 cm³/mol. The first-order chi connectivity index (χ1) is 9.00. The summed E-state index contributed by atoms with van der Waals surface area (Å²) in [5.41, 5.74) is 0. The summed E-state index contributed by atoms with van der Waals surface area (Å²) in [6.45, 7) is 20.0. The fraction of sp³-hybridized carbons (Fsp3) is 0.294. The third kappa shape index (κ3) is 46.7. The third-order valence-electron chi connectivity index (χ3n) is 1.03. The molecule has 0 fully saturated rings. The summed E-state index contributed by atoms with van der Waals surface area (Å²) in [7, 11) is 0. The van der Waals surface area contributed by atoms with Crippen molar-refractivity contribution in [1.29, 1.82) is 0 Å². The van der Waals surface area contributed by atoms with Gasteiger partial charge in [0.05, 0.1) is 0 Å². The maximum atomic E-state index is 3.25. The van der Waals surface area contributed by atoms with Crippen molar-refractivity contribution >= 4 is 0 Å². The topological polar surface area (TPSA) is 15.8 Å². The SMILES string of the molecule is [C-]1=CC=CC1.[CH2-]C.[CH2-]C.[CH2-]C.[CH2-]C.[Ru+6].[c-]1ccc[nH]1. The Morgan fingerprint density at radius 2 is 1.47 bits per heavy atom. The molecule has 2 heteroatoms. The van der Waals surface area contributed by atoms with Gasteiger partial charge in [-0.2, -0.15) is 52.1 Å². The van der Waals surface area contributed by atoms with Crippen LogP contribution in [0, 0.1) is 40.0 Å². The van der Waals surface area contributed by atoms with Gasteiger partial charge in [-0.05, 0) is 0 Å². The quantitative estimate of drug-likeness (QED) is 0.472. The van der Waals surface area contributed by atoms with Crippen molar-refractivity contribution in [2.45, 2.75) is 34.1 Å². The molecule has 0 saturated heterocycles. The van der Waals surface area contributed by atoms with E-state index in [0.29, 0.717) is 0 Å². The van der Waals surface area contributed by atoms with E-state index in [4.69, 9.17) is 0 Å². The average Bonchev–Trinajstić information content (AvgIpc) is 3.25. The van der Waals surface area contributed by atoms with Crippen LogP contribution in [-0.2, 0) is 19.5 Å². The predicted octanol–water partition coefficient (Wildman–Crippen LogP) is 5.48. The third-order valence-corrected chi connectivity index (χ3v) is 1.03. The summed E-state index contributed by atoms with van der Waals surface area (Å²) < 4.78 is 0. The van der Waals surface area contributed by atoms with Crippen LogP contribution in [0.3, 0.4) is 0 Å². The molecule has 0 saturated carbocycles. The molecule has 0 radical (unpaired) electrons. The molecule has 1 aliphatic carbocycles. The average molecular weight is 348 g/mol. The van der Waals surface area contributed by atoms with Crippen LogP contribution in [-0.4, -0.2) is 4.98 Å². The Kier molecular flexibility index (Phi) is 86.5. The largest absolute Gasteiger partial charge is 6.00 e. The number of H-pyrrole nitrogens is 1. The molecule has 1 heterocycles. The smallest absolute Gasteiger partial charge is 0.484 e. The zero-order valence-corrected chi connectivity index (χ0v) is 14.6. The van der Waals surface area contributed by atoms with Gasteiger partial charge in [-0.3, -0.25) is 6.08 Å². The molecule has 1 aromatic heterocycles. The first-order valence-electron chi connectivity index (χ1n) is 6.04. The van der Waals surface area contributed by atoms with Crippen LogP contribution in [0.15, 0.2) is 36.6 Å². The minimum absolute atomic E-state index is 0. The van der Waals surface area contributed by atoms with Gasteiger partial charge >= 0.3 is 19.5 Å². The van der Waals surface area contributed by atoms with Crippen molar-refractivity contribution in [2.24, 2.45) is 0 Å². The van der Waals surface area contributed by atoms with E-state index in [-0.39, 0.29) is 19.5 Å². The summed E-state index contributed by atoms with van der Waals surface area (Å²) >= 11 is 0. The Morgan fingerprint density at radius 3 is 1.58 bits per heavy atom. The van der Waals surface area contributed by atoms with Crippen molar-refractivity contribution in [2.75, 3.05) is 0 Å². The van der Waals surface area contributed by atoms with Gasteiger partial charge in [0.15, 0.2) is 0 Å². The molecule has 0 aliphatic heterocycles. The molecule has 1 nitrogen and oxygen atoms in total. The second kappa shape index (κ2) is 53.0. The Hall–Kier alpha value is -0.617. The number of rotatable bonds is 0. The Bertz CT molecular complexity index is 174. The van der Waals surface area contributed by atoms with Gasteiger partial charge in [0.1, 0.15) is 0 Å². The molecule has 19 heavy (non-hydrogen) atoms. The number of aromatic amines is 1. The van der Waals surface area contributed by atoms with Gasteiger partial charge < -0.3 is 32.7 Å². The van der Waals surface area contributed by atoms with Gasteiger partial charge in [-0.1, -0.05) is 0 Å².